The van der Waals surface area contributed by atoms with E-state index >= 15 is 0 Å². The molecule has 0 aromatic rings. The number of likely N-dealkylation sites (tertiary alicyclic amines) is 1. The van der Waals surface area contributed by atoms with Crippen molar-refractivity contribution in [2.24, 2.45) is 0 Å². The SMILES string of the molecule is OCCCN1CC(F)(F)C(F)(F)C1. The first-order valence-corrected chi connectivity index (χ1v) is 3.98. The highest BCUT2D eigenvalue weighted by molar-refractivity contribution is 4.96. The highest BCUT2D eigenvalue weighted by Crippen LogP contribution is 2.40. The number of hydrogen-bond donors (Lipinski definition) is 1. The summed E-state index contributed by atoms with van der Waals surface area (Å²) in [6, 6.07) is 0. The van der Waals surface area contributed by atoms with Crippen LogP contribution in [0.1, 0.15) is 6.42 Å². The third kappa shape index (κ3) is 2.11. The van der Waals surface area contributed by atoms with Gasteiger partial charge in [0.25, 0.3) is 0 Å². The van der Waals surface area contributed by atoms with Gasteiger partial charge in [0.2, 0.25) is 0 Å². The second-order valence-corrected chi connectivity index (χ2v) is 3.20. The van der Waals surface area contributed by atoms with Crippen LogP contribution < -0.4 is 0 Å². The van der Waals surface area contributed by atoms with Crippen LogP contribution in [-0.2, 0) is 0 Å². The van der Waals surface area contributed by atoms with E-state index in [1.54, 1.807) is 0 Å². The van der Waals surface area contributed by atoms with Gasteiger partial charge in [-0.1, -0.05) is 0 Å². The van der Waals surface area contributed by atoms with Crippen molar-refractivity contribution in [3.8, 4) is 0 Å². The maximum absolute atomic E-state index is 12.5. The van der Waals surface area contributed by atoms with Crippen molar-refractivity contribution in [2.75, 3.05) is 26.2 Å². The lowest BCUT2D eigenvalue weighted by Crippen LogP contribution is -2.38. The van der Waals surface area contributed by atoms with Crippen molar-refractivity contribution in [2.45, 2.75) is 18.3 Å². The third-order valence-electron chi connectivity index (χ3n) is 2.01. The van der Waals surface area contributed by atoms with E-state index in [0.717, 1.165) is 4.90 Å². The molecule has 0 saturated carbocycles. The van der Waals surface area contributed by atoms with Crippen molar-refractivity contribution in [1.29, 1.82) is 0 Å². The molecule has 0 atom stereocenters. The predicted octanol–water partition coefficient (Wildman–Crippen LogP) is 0.955. The average Bonchev–Trinajstić information content (AvgIpc) is 2.17. The van der Waals surface area contributed by atoms with E-state index in [1.165, 1.54) is 0 Å². The van der Waals surface area contributed by atoms with Gasteiger partial charge < -0.3 is 5.11 Å². The normalized spacial score (nSPS) is 26.5. The summed E-state index contributed by atoms with van der Waals surface area (Å²) in [5, 5.41) is 8.39. The van der Waals surface area contributed by atoms with Crippen LogP contribution in [0, 0.1) is 0 Å². The largest absolute Gasteiger partial charge is 0.396 e. The Morgan fingerprint density at radius 2 is 1.54 bits per heavy atom. The van der Waals surface area contributed by atoms with Gasteiger partial charge in [-0.05, 0) is 6.42 Å². The van der Waals surface area contributed by atoms with Gasteiger partial charge in [0.05, 0.1) is 13.1 Å². The van der Waals surface area contributed by atoms with E-state index in [2.05, 4.69) is 0 Å². The predicted molar refractivity (Wildman–Crippen MR) is 38.0 cm³/mol. The summed E-state index contributed by atoms with van der Waals surface area (Å²) >= 11 is 0. The summed E-state index contributed by atoms with van der Waals surface area (Å²) in [5.74, 6) is -7.86. The molecule has 1 aliphatic heterocycles. The number of aliphatic hydroxyl groups excluding tert-OH is 1. The Morgan fingerprint density at radius 3 is 1.92 bits per heavy atom. The quantitative estimate of drug-likeness (QED) is 0.687. The summed E-state index contributed by atoms with van der Waals surface area (Å²) in [4.78, 5) is 0.968. The van der Waals surface area contributed by atoms with Gasteiger partial charge in [-0.2, -0.15) is 17.6 Å². The molecular formula is C7H11F4NO. The zero-order valence-corrected chi connectivity index (χ0v) is 6.94. The van der Waals surface area contributed by atoms with Crippen molar-refractivity contribution in [3.63, 3.8) is 0 Å². The molecule has 6 heteroatoms. The molecule has 0 aliphatic carbocycles. The zero-order chi connectivity index (χ0) is 10.1. The molecular weight excluding hydrogens is 190 g/mol. The summed E-state index contributed by atoms with van der Waals surface area (Å²) in [7, 11) is 0. The minimum absolute atomic E-state index is 0.0850. The van der Waals surface area contributed by atoms with Crippen LogP contribution >= 0.6 is 0 Å². The monoisotopic (exact) mass is 201 g/mol. The van der Waals surface area contributed by atoms with Crippen LogP contribution in [0.5, 0.6) is 0 Å². The Balaban J connectivity index is 2.50. The molecule has 1 aliphatic rings. The standard InChI is InChI=1S/C7H11F4NO/c8-6(9)4-12(2-1-3-13)5-7(6,10)11/h13H,1-5H2. The molecule has 0 radical (unpaired) electrons. The fourth-order valence-corrected chi connectivity index (χ4v) is 1.30. The topological polar surface area (TPSA) is 23.5 Å². The molecule has 1 heterocycles. The third-order valence-corrected chi connectivity index (χ3v) is 2.01. The first-order chi connectivity index (χ1) is 5.89. The zero-order valence-electron chi connectivity index (χ0n) is 6.94. The van der Waals surface area contributed by atoms with Gasteiger partial charge in [-0.3, -0.25) is 4.90 Å². The Hall–Kier alpha value is -0.360. The van der Waals surface area contributed by atoms with Crippen LogP contribution in [0.15, 0.2) is 0 Å². The Kier molecular flexibility index (Phi) is 2.82. The summed E-state index contributed by atoms with van der Waals surface area (Å²) in [5.41, 5.74) is 0. The van der Waals surface area contributed by atoms with Gasteiger partial charge >= 0.3 is 11.8 Å². The van der Waals surface area contributed by atoms with Gasteiger partial charge in [0, 0.05) is 13.2 Å². The van der Waals surface area contributed by atoms with Gasteiger partial charge in [-0.15, -0.1) is 0 Å². The molecule has 1 N–H and O–H groups in total. The minimum atomic E-state index is -3.93. The molecule has 0 aromatic heterocycles. The van der Waals surface area contributed by atoms with Crippen LogP contribution in [0.2, 0.25) is 0 Å². The van der Waals surface area contributed by atoms with E-state index in [4.69, 9.17) is 5.11 Å². The summed E-state index contributed by atoms with van der Waals surface area (Å²) in [6.07, 6.45) is 0.242. The van der Waals surface area contributed by atoms with Gasteiger partial charge in [0.15, 0.2) is 0 Å². The van der Waals surface area contributed by atoms with Gasteiger partial charge in [-0.25, -0.2) is 0 Å². The van der Waals surface area contributed by atoms with E-state index in [1.807, 2.05) is 0 Å². The fraction of sp³-hybridized carbons (Fsp3) is 1.00. The molecule has 0 aromatic carbocycles. The van der Waals surface area contributed by atoms with Crippen LogP contribution in [-0.4, -0.2) is 48.1 Å². The van der Waals surface area contributed by atoms with Crippen LogP contribution in [0.3, 0.4) is 0 Å². The lowest BCUT2D eigenvalue weighted by Gasteiger charge is -2.15. The number of rotatable bonds is 3. The summed E-state index contributed by atoms with van der Waals surface area (Å²) < 4.78 is 50.2. The molecule has 13 heavy (non-hydrogen) atoms. The molecule has 0 unspecified atom stereocenters. The van der Waals surface area contributed by atoms with Crippen molar-refractivity contribution >= 4 is 0 Å². The first kappa shape index (κ1) is 10.7. The Labute approximate surface area is 73.1 Å². The van der Waals surface area contributed by atoms with Gasteiger partial charge in [0.1, 0.15) is 0 Å². The summed E-state index contributed by atoms with van der Waals surface area (Å²) in [6.45, 7) is -1.92. The molecule has 2 nitrogen and oxygen atoms in total. The average molecular weight is 201 g/mol. The highest BCUT2D eigenvalue weighted by Gasteiger charge is 2.62. The molecule has 1 rings (SSSR count). The second kappa shape index (κ2) is 3.42. The van der Waals surface area contributed by atoms with E-state index in [9.17, 15) is 17.6 Å². The lowest BCUT2D eigenvalue weighted by atomic mass is 10.2. The Bertz CT molecular complexity index is 169. The molecule has 1 saturated heterocycles. The van der Waals surface area contributed by atoms with Crippen molar-refractivity contribution in [1.82, 2.24) is 4.90 Å². The van der Waals surface area contributed by atoms with E-state index < -0.39 is 24.9 Å². The molecule has 0 amide bonds. The van der Waals surface area contributed by atoms with Crippen LogP contribution in [0.25, 0.3) is 0 Å². The molecule has 1 fully saturated rings. The first-order valence-electron chi connectivity index (χ1n) is 3.98. The number of halogens is 4. The smallest absolute Gasteiger partial charge is 0.323 e. The molecule has 0 bridgehead atoms. The number of alkyl halides is 4. The van der Waals surface area contributed by atoms with Crippen molar-refractivity contribution in [3.05, 3.63) is 0 Å². The van der Waals surface area contributed by atoms with Crippen molar-refractivity contribution < 1.29 is 22.7 Å². The van der Waals surface area contributed by atoms with E-state index in [0.29, 0.717) is 0 Å². The molecule has 0 spiro atoms. The van der Waals surface area contributed by atoms with Crippen LogP contribution in [0.4, 0.5) is 17.6 Å². The molecule has 78 valence electrons. The fourth-order valence-electron chi connectivity index (χ4n) is 1.30. The number of nitrogens with zero attached hydrogens (tertiary/aromatic N) is 1. The highest BCUT2D eigenvalue weighted by atomic mass is 19.3. The second-order valence-electron chi connectivity index (χ2n) is 3.20. The lowest BCUT2D eigenvalue weighted by molar-refractivity contribution is -0.172. The maximum atomic E-state index is 12.5. The number of aliphatic hydroxyl groups is 1. The minimum Gasteiger partial charge on any atom is -0.396 e. The van der Waals surface area contributed by atoms with E-state index in [-0.39, 0.29) is 19.6 Å². The maximum Gasteiger partial charge on any atom is 0.323 e. The Morgan fingerprint density at radius 1 is 1.08 bits per heavy atom. The number of hydrogen-bond acceptors (Lipinski definition) is 2.